The highest BCUT2D eigenvalue weighted by molar-refractivity contribution is 6.01. The predicted octanol–water partition coefficient (Wildman–Crippen LogP) is 8.11. The third kappa shape index (κ3) is 8.73. The summed E-state index contributed by atoms with van der Waals surface area (Å²) < 4.78 is 9.62. The van der Waals surface area contributed by atoms with Gasteiger partial charge in [0.05, 0.1) is 49.6 Å². The molecule has 0 saturated carbocycles. The molecule has 3 aromatic carbocycles. The van der Waals surface area contributed by atoms with Crippen LogP contribution in [-0.2, 0) is 31.9 Å². The van der Waals surface area contributed by atoms with E-state index < -0.39 is 24.3 Å². The number of ether oxygens (including phenoxy) is 2. The number of benzene rings is 3. The molecule has 14 heteroatoms. The molecule has 2 fully saturated rings. The summed E-state index contributed by atoms with van der Waals surface area (Å²) in [6.45, 7) is 12.4. The van der Waals surface area contributed by atoms with Crippen molar-refractivity contribution in [3.05, 3.63) is 65.6 Å². The number of rotatable bonds is 12. The number of alkyl carbamates (subject to hydrolysis) is 2. The number of methoxy groups -OCH3 is 2. The molecule has 7 rings (SSSR count). The van der Waals surface area contributed by atoms with Crippen LogP contribution in [-0.4, -0.2) is 94.9 Å². The van der Waals surface area contributed by atoms with Crippen molar-refractivity contribution in [2.75, 3.05) is 26.5 Å². The number of carbonyl (C=O) groups is 4. The summed E-state index contributed by atoms with van der Waals surface area (Å²) in [5.74, 6) is 0.570. The number of imidazole rings is 1. The second-order valence-corrected chi connectivity index (χ2v) is 17.8. The standard InChI is InChI=1S/C48H62N8O6/c1-9-29-21-40(55(25-29)45(57)42(26(2)3)53-47(59)61-7)44-51-24-39(52-44)37-19-18-33(35-11-10-12-36(35)37)30-14-17-34-31(22-30)15-20-38(41(34)49)50-23-32-16-13-28(6)56(32)46(58)43(27(4)5)54-48(60)62-8/h14-15,17-20,22-24,26-29,32,40,42-43H,9-13,16,21,25,49H2,1-8H3,(H,51,52)(H,53,59)(H,54,60)/t28-,29-,32-,40-,42-,43-/m0/s1. The number of amides is 4. The van der Waals surface area contributed by atoms with Gasteiger partial charge in [0.25, 0.3) is 0 Å². The number of hydrogen-bond donors (Lipinski definition) is 4. The maximum atomic E-state index is 14.0. The molecule has 4 amide bonds. The highest BCUT2D eigenvalue weighted by atomic mass is 16.5. The van der Waals surface area contributed by atoms with Crippen molar-refractivity contribution in [2.24, 2.45) is 22.7 Å². The Labute approximate surface area is 364 Å². The summed E-state index contributed by atoms with van der Waals surface area (Å²) in [6, 6.07) is 12.9. The number of aliphatic imine (C=N–C) groups is 1. The lowest BCUT2D eigenvalue weighted by atomic mass is 9.91. The molecule has 0 radical (unpaired) electrons. The van der Waals surface area contributed by atoms with Gasteiger partial charge in [0.15, 0.2) is 0 Å². The van der Waals surface area contributed by atoms with E-state index in [1.807, 2.05) is 69.0 Å². The smallest absolute Gasteiger partial charge is 0.407 e. The molecule has 0 bridgehead atoms. The minimum absolute atomic E-state index is 0.00447. The topological polar surface area (TPSA) is 184 Å². The molecule has 0 spiro atoms. The molecular weight excluding hydrogens is 785 g/mol. The lowest BCUT2D eigenvalue weighted by Crippen LogP contribution is -2.54. The fourth-order valence-electron chi connectivity index (χ4n) is 9.66. The van der Waals surface area contributed by atoms with Gasteiger partial charge in [0.2, 0.25) is 11.8 Å². The third-order valence-electron chi connectivity index (χ3n) is 13.2. The Hall–Kier alpha value is -5.92. The van der Waals surface area contributed by atoms with Crippen molar-refractivity contribution in [3.63, 3.8) is 0 Å². The summed E-state index contributed by atoms with van der Waals surface area (Å²) in [5.41, 5.74) is 15.0. The molecule has 6 atom stereocenters. The van der Waals surface area contributed by atoms with Crippen LogP contribution < -0.4 is 16.4 Å². The van der Waals surface area contributed by atoms with Gasteiger partial charge in [-0.2, -0.15) is 0 Å². The lowest BCUT2D eigenvalue weighted by molar-refractivity contribution is -0.136. The first-order valence-corrected chi connectivity index (χ1v) is 22.1. The molecule has 0 unspecified atom stereocenters. The molecule has 14 nitrogen and oxygen atoms in total. The molecule has 5 N–H and O–H groups in total. The number of aromatic nitrogens is 2. The number of nitrogens with zero attached hydrogens (tertiary/aromatic N) is 4. The van der Waals surface area contributed by atoms with Crippen LogP contribution in [0.2, 0.25) is 0 Å². The Morgan fingerprint density at radius 2 is 1.58 bits per heavy atom. The van der Waals surface area contributed by atoms with Gasteiger partial charge in [-0.3, -0.25) is 14.6 Å². The van der Waals surface area contributed by atoms with E-state index in [9.17, 15) is 19.2 Å². The van der Waals surface area contributed by atoms with Crippen molar-refractivity contribution < 1.29 is 28.7 Å². The molecule has 62 heavy (non-hydrogen) atoms. The number of fused-ring (bicyclic) bond motifs is 2. The Kier molecular flexibility index (Phi) is 13.2. The zero-order valence-corrected chi connectivity index (χ0v) is 37.3. The summed E-state index contributed by atoms with van der Waals surface area (Å²) in [7, 11) is 2.60. The zero-order chi connectivity index (χ0) is 44.4. The first-order valence-electron chi connectivity index (χ1n) is 22.1. The normalized spacial score (nSPS) is 20.9. The molecule has 330 valence electrons. The number of aromatic amines is 1. The van der Waals surface area contributed by atoms with Crippen molar-refractivity contribution in [2.45, 2.75) is 117 Å². The summed E-state index contributed by atoms with van der Waals surface area (Å²) in [4.78, 5) is 68.9. The monoisotopic (exact) mass is 846 g/mol. The summed E-state index contributed by atoms with van der Waals surface area (Å²) >= 11 is 0. The Balaban J connectivity index is 1.11. The Morgan fingerprint density at radius 3 is 2.24 bits per heavy atom. The van der Waals surface area contributed by atoms with E-state index >= 15 is 0 Å². The van der Waals surface area contributed by atoms with E-state index in [1.165, 1.54) is 30.9 Å². The van der Waals surface area contributed by atoms with Gasteiger partial charge >= 0.3 is 12.2 Å². The van der Waals surface area contributed by atoms with E-state index in [4.69, 9.17) is 25.2 Å². The van der Waals surface area contributed by atoms with Crippen molar-refractivity contribution >= 4 is 52.4 Å². The first kappa shape index (κ1) is 44.1. The van der Waals surface area contributed by atoms with Crippen molar-refractivity contribution in [1.29, 1.82) is 0 Å². The maximum absolute atomic E-state index is 14.0. The van der Waals surface area contributed by atoms with Gasteiger partial charge in [0, 0.05) is 29.8 Å². The zero-order valence-electron chi connectivity index (χ0n) is 37.3. The van der Waals surface area contributed by atoms with Gasteiger partial charge < -0.3 is 40.6 Å². The van der Waals surface area contributed by atoms with Crippen LogP contribution in [0.15, 0.2) is 53.7 Å². The van der Waals surface area contributed by atoms with Gasteiger partial charge in [-0.25, -0.2) is 14.6 Å². The van der Waals surface area contributed by atoms with Gasteiger partial charge in [0.1, 0.15) is 17.9 Å². The summed E-state index contributed by atoms with van der Waals surface area (Å²) in [5, 5.41) is 7.38. The molecule has 1 aromatic heterocycles. The molecule has 4 aromatic rings. The average molecular weight is 847 g/mol. The van der Waals surface area contributed by atoms with Crippen LogP contribution in [0.1, 0.15) is 96.6 Å². The van der Waals surface area contributed by atoms with Crippen molar-refractivity contribution in [1.82, 2.24) is 30.4 Å². The van der Waals surface area contributed by atoms with E-state index in [1.54, 1.807) is 0 Å². The number of nitrogens with one attached hydrogen (secondary N) is 3. The second kappa shape index (κ2) is 18.6. The minimum atomic E-state index is -0.710. The number of H-pyrrole nitrogens is 1. The van der Waals surface area contributed by atoms with Crippen LogP contribution >= 0.6 is 0 Å². The molecule has 3 heterocycles. The van der Waals surface area contributed by atoms with E-state index in [2.05, 4.69) is 52.9 Å². The first-order chi connectivity index (χ1) is 29.7. The van der Waals surface area contributed by atoms with Crippen LogP contribution in [0, 0.1) is 17.8 Å². The number of nitrogens with two attached hydrogens (primary N) is 1. The van der Waals surface area contributed by atoms with Gasteiger partial charge in [-0.1, -0.05) is 71.4 Å². The van der Waals surface area contributed by atoms with Gasteiger partial charge in [-0.05, 0) is 103 Å². The van der Waals surface area contributed by atoms with E-state index in [0.717, 1.165) is 78.4 Å². The lowest BCUT2D eigenvalue weighted by Gasteiger charge is -2.32. The molecule has 1 aliphatic carbocycles. The van der Waals surface area contributed by atoms with E-state index in [-0.39, 0.29) is 41.8 Å². The highest BCUT2D eigenvalue weighted by Crippen LogP contribution is 2.42. The molecule has 2 saturated heterocycles. The Bertz CT molecular complexity index is 2350. The largest absolute Gasteiger partial charge is 0.453 e. The second-order valence-electron chi connectivity index (χ2n) is 17.8. The maximum Gasteiger partial charge on any atom is 0.407 e. The van der Waals surface area contributed by atoms with Crippen LogP contribution in [0.25, 0.3) is 33.2 Å². The summed E-state index contributed by atoms with van der Waals surface area (Å²) in [6.07, 6.45) is 8.76. The fraction of sp³-hybridized carbons (Fsp3) is 0.500. The van der Waals surface area contributed by atoms with Gasteiger partial charge in [-0.15, -0.1) is 0 Å². The predicted molar refractivity (Wildman–Crippen MR) is 242 cm³/mol. The number of carbonyl (C=O) groups excluding carboxylic acids is 4. The molecular formula is C48H62N8O6. The molecule has 3 aliphatic rings. The number of hydrogen-bond acceptors (Lipinski definition) is 9. The average Bonchev–Trinajstić information content (AvgIpc) is 4.10. The fourth-order valence-corrected chi connectivity index (χ4v) is 9.66. The molecule has 2 aliphatic heterocycles. The highest BCUT2D eigenvalue weighted by Gasteiger charge is 2.42. The van der Waals surface area contributed by atoms with Crippen LogP contribution in [0.3, 0.4) is 0 Å². The minimum Gasteiger partial charge on any atom is -0.453 e. The number of anilines is 1. The van der Waals surface area contributed by atoms with Crippen LogP contribution in [0.5, 0.6) is 0 Å². The van der Waals surface area contributed by atoms with E-state index in [0.29, 0.717) is 23.8 Å². The number of nitrogen functional groups attached to an aromatic ring is 1. The third-order valence-corrected chi connectivity index (χ3v) is 13.2. The Morgan fingerprint density at radius 1 is 0.919 bits per heavy atom. The van der Waals surface area contributed by atoms with Crippen LogP contribution in [0.4, 0.5) is 21.0 Å². The number of likely N-dealkylation sites (tertiary alicyclic amines) is 2. The SMILES string of the molecule is CC[C@H]1C[C@@H](c2ncc(-c3ccc(-c4ccc5c(N)c(N=C[C@@H]6CC[C@H](C)N6C(=O)[C@@H](NC(=O)OC)C(C)C)ccc5c4)c4c3CCC4)[nH]2)N(C(=O)[C@@H](NC(=O)OC)C(C)C)C1. The van der Waals surface area contributed by atoms with Crippen molar-refractivity contribution in [3.8, 4) is 22.4 Å². The quantitative estimate of drug-likeness (QED) is 0.0814.